The first-order valence-corrected chi connectivity index (χ1v) is 8.81. The minimum absolute atomic E-state index is 0.108. The lowest BCUT2D eigenvalue weighted by Crippen LogP contribution is -2.17. The zero-order valence-corrected chi connectivity index (χ0v) is 14.0. The minimum Gasteiger partial charge on any atom is -0.370 e. The van der Waals surface area contributed by atoms with Gasteiger partial charge in [-0.25, -0.2) is 0 Å². The average molecular weight is 345 g/mol. The Hall–Kier alpha value is -2.35. The number of anilines is 1. The maximum Gasteiger partial charge on any atom is 0.234 e. The molecular formula is C16H19N5O2S. The molecule has 24 heavy (non-hydrogen) atoms. The van der Waals surface area contributed by atoms with Gasteiger partial charge in [-0.05, 0) is 25.0 Å². The fraction of sp³-hybridized carbons (Fsp3) is 0.375. The molecule has 2 amide bonds. The highest BCUT2D eigenvalue weighted by Crippen LogP contribution is 2.40. The van der Waals surface area contributed by atoms with Crippen molar-refractivity contribution in [1.82, 2.24) is 14.8 Å². The van der Waals surface area contributed by atoms with E-state index in [2.05, 4.69) is 15.5 Å². The Bertz CT molecular complexity index is 727. The molecule has 0 unspecified atom stereocenters. The van der Waals surface area contributed by atoms with Crippen LogP contribution >= 0.6 is 11.8 Å². The van der Waals surface area contributed by atoms with E-state index in [4.69, 9.17) is 5.73 Å². The molecule has 1 aliphatic rings. The highest BCUT2D eigenvalue weighted by Gasteiger charge is 2.30. The van der Waals surface area contributed by atoms with Crippen LogP contribution in [0.2, 0.25) is 0 Å². The summed E-state index contributed by atoms with van der Waals surface area (Å²) in [5.41, 5.74) is 6.01. The van der Waals surface area contributed by atoms with Gasteiger partial charge in [0.1, 0.15) is 5.82 Å². The molecule has 1 aliphatic carbocycles. The highest BCUT2D eigenvalue weighted by molar-refractivity contribution is 7.99. The van der Waals surface area contributed by atoms with Crippen LogP contribution in [-0.4, -0.2) is 32.3 Å². The third-order valence-electron chi connectivity index (χ3n) is 3.66. The normalized spacial score (nSPS) is 13.7. The summed E-state index contributed by atoms with van der Waals surface area (Å²) in [6.07, 6.45) is 2.42. The summed E-state index contributed by atoms with van der Waals surface area (Å²) in [7, 11) is 0. The maximum atomic E-state index is 12.1. The van der Waals surface area contributed by atoms with E-state index in [0.717, 1.165) is 24.4 Å². The largest absolute Gasteiger partial charge is 0.370 e. The first kappa shape index (κ1) is 16.5. The molecule has 0 atom stereocenters. The molecule has 0 saturated heterocycles. The van der Waals surface area contributed by atoms with Gasteiger partial charge in [0.25, 0.3) is 0 Å². The van der Waals surface area contributed by atoms with Gasteiger partial charge in [-0.3, -0.25) is 9.59 Å². The van der Waals surface area contributed by atoms with Crippen molar-refractivity contribution in [3.8, 4) is 0 Å². The Morgan fingerprint density at radius 1 is 1.25 bits per heavy atom. The van der Waals surface area contributed by atoms with Gasteiger partial charge in [-0.15, -0.1) is 10.2 Å². The molecule has 2 aromatic rings. The Morgan fingerprint density at radius 3 is 2.67 bits per heavy atom. The van der Waals surface area contributed by atoms with Crippen LogP contribution in [0.15, 0.2) is 35.5 Å². The molecule has 1 heterocycles. The first-order valence-electron chi connectivity index (χ1n) is 7.82. The molecule has 0 aliphatic heterocycles. The monoisotopic (exact) mass is 345 g/mol. The van der Waals surface area contributed by atoms with Gasteiger partial charge in [0.15, 0.2) is 5.16 Å². The summed E-state index contributed by atoms with van der Waals surface area (Å²) < 4.78 is 1.92. The van der Waals surface area contributed by atoms with Crippen LogP contribution in [0, 0.1) is 0 Å². The summed E-state index contributed by atoms with van der Waals surface area (Å²) >= 11 is 1.32. The van der Waals surface area contributed by atoms with Crippen LogP contribution in [-0.2, 0) is 16.1 Å². The number of rotatable bonds is 8. The molecule has 1 saturated carbocycles. The average Bonchev–Trinajstić information content (AvgIpc) is 3.33. The number of carbonyl (C=O) groups excluding carboxylic acids is 2. The third-order valence-corrected chi connectivity index (χ3v) is 4.63. The van der Waals surface area contributed by atoms with Crippen LogP contribution in [0.1, 0.15) is 31.0 Å². The summed E-state index contributed by atoms with van der Waals surface area (Å²) in [4.78, 5) is 23.1. The topological polar surface area (TPSA) is 103 Å². The van der Waals surface area contributed by atoms with Crippen LogP contribution in [0.3, 0.4) is 0 Å². The van der Waals surface area contributed by atoms with E-state index >= 15 is 0 Å². The van der Waals surface area contributed by atoms with E-state index in [1.54, 1.807) is 0 Å². The lowest BCUT2D eigenvalue weighted by molar-refractivity contribution is -0.118. The van der Waals surface area contributed by atoms with Crippen molar-refractivity contribution in [3.63, 3.8) is 0 Å². The number of para-hydroxylation sites is 1. The number of thioether (sulfide) groups is 1. The molecule has 8 heteroatoms. The number of hydrogen-bond acceptors (Lipinski definition) is 5. The SMILES string of the molecule is NC(=O)CCn1c(SCC(=O)Nc2ccccc2)nnc1C1CC1. The zero-order chi connectivity index (χ0) is 16.9. The number of primary amides is 1. The molecule has 0 bridgehead atoms. The molecule has 126 valence electrons. The van der Waals surface area contributed by atoms with Crippen LogP contribution in [0.5, 0.6) is 0 Å². The quantitative estimate of drug-likeness (QED) is 0.710. The lowest BCUT2D eigenvalue weighted by Gasteiger charge is -2.09. The predicted octanol–water partition coefficient (Wildman–Crippen LogP) is 1.76. The van der Waals surface area contributed by atoms with Gasteiger partial charge in [0.2, 0.25) is 11.8 Å². The summed E-state index contributed by atoms with van der Waals surface area (Å²) in [5, 5.41) is 11.9. The smallest absolute Gasteiger partial charge is 0.234 e. The predicted molar refractivity (Wildman–Crippen MR) is 91.6 cm³/mol. The van der Waals surface area contributed by atoms with E-state index in [0.29, 0.717) is 17.6 Å². The fourth-order valence-corrected chi connectivity index (χ4v) is 3.10. The molecule has 7 nitrogen and oxygen atoms in total. The number of benzene rings is 1. The Morgan fingerprint density at radius 2 is 2.00 bits per heavy atom. The van der Waals surface area contributed by atoms with Gasteiger partial charge in [0.05, 0.1) is 5.75 Å². The van der Waals surface area contributed by atoms with Gasteiger partial charge < -0.3 is 15.6 Å². The van der Waals surface area contributed by atoms with E-state index in [1.165, 1.54) is 11.8 Å². The molecule has 0 radical (unpaired) electrons. The van der Waals surface area contributed by atoms with Gasteiger partial charge in [-0.1, -0.05) is 30.0 Å². The Labute approximate surface area is 144 Å². The second kappa shape index (κ2) is 7.48. The maximum absolute atomic E-state index is 12.1. The number of amides is 2. The second-order valence-corrected chi connectivity index (χ2v) is 6.63. The number of aromatic nitrogens is 3. The van der Waals surface area contributed by atoms with Gasteiger partial charge in [-0.2, -0.15) is 0 Å². The van der Waals surface area contributed by atoms with Crippen molar-refractivity contribution in [3.05, 3.63) is 36.2 Å². The standard InChI is InChI=1S/C16H19N5O2S/c17-13(22)8-9-21-15(11-6-7-11)19-20-16(21)24-10-14(23)18-12-4-2-1-3-5-12/h1-5,11H,6-10H2,(H2,17,22)(H,18,23). The molecule has 3 rings (SSSR count). The minimum atomic E-state index is -0.358. The molecule has 1 fully saturated rings. The van der Waals surface area contributed by atoms with Crippen LogP contribution in [0.4, 0.5) is 5.69 Å². The van der Waals surface area contributed by atoms with E-state index < -0.39 is 0 Å². The number of nitrogens with two attached hydrogens (primary N) is 1. The molecule has 1 aromatic carbocycles. The van der Waals surface area contributed by atoms with Crippen LogP contribution < -0.4 is 11.1 Å². The van der Waals surface area contributed by atoms with E-state index in [9.17, 15) is 9.59 Å². The molecular weight excluding hydrogens is 326 g/mol. The summed E-state index contributed by atoms with van der Waals surface area (Å²) in [6, 6.07) is 9.30. The van der Waals surface area contributed by atoms with Crippen molar-refractivity contribution in [2.45, 2.75) is 36.9 Å². The fourth-order valence-electron chi connectivity index (χ4n) is 2.33. The summed E-state index contributed by atoms with van der Waals surface area (Å²) in [5.74, 6) is 1.07. The second-order valence-electron chi connectivity index (χ2n) is 5.69. The van der Waals surface area contributed by atoms with Gasteiger partial charge >= 0.3 is 0 Å². The van der Waals surface area contributed by atoms with Crippen LogP contribution in [0.25, 0.3) is 0 Å². The Balaban J connectivity index is 1.61. The zero-order valence-electron chi connectivity index (χ0n) is 13.1. The van der Waals surface area contributed by atoms with Crippen molar-refractivity contribution in [2.24, 2.45) is 5.73 Å². The molecule has 1 aromatic heterocycles. The number of carbonyl (C=O) groups is 2. The van der Waals surface area contributed by atoms with Crippen molar-refractivity contribution >= 4 is 29.3 Å². The number of hydrogen-bond donors (Lipinski definition) is 2. The van der Waals surface area contributed by atoms with E-state index in [-0.39, 0.29) is 24.0 Å². The van der Waals surface area contributed by atoms with Crippen molar-refractivity contribution in [2.75, 3.05) is 11.1 Å². The van der Waals surface area contributed by atoms with E-state index in [1.807, 2.05) is 34.9 Å². The third kappa shape index (κ3) is 4.35. The first-order chi connectivity index (χ1) is 11.6. The molecule has 0 spiro atoms. The number of nitrogens with zero attached hydrogens (tertiary/aromatic N) is 3. The lowest BCUT2D eigenvalue weighted by atomic mass is 10.3. The molecule has 3 N–H and O–H groups in total. The number of nitrogens with one attached hydrogen (secondary N) is 1. The van der Waals surface area contributed by atoms with Gasteiger partial charge in [0, 0.05) is 24.6 Å². The Kier molecular flexibility index (Phi) is 5.14. The highest BCUT2D eigenvalue weighted by atomic mass is 32.2. The van der Waals surface area contributed by atoms with Crippen molar-refractivity contribution in [1.29, 1.82) is 0 Å². The summed E-state index contributed by atoms with van der Waals surface area (Å²) in [6.45, 7) is 0.455. The van der Waals surface area contributed by atoms with Crippen molar-refractivity contribution < 1.29 is 9.59 Å².